The van der Waals surface area contributed by atoms with Crippen LogP contribution in [0, 0.1) is 5.92 Å². The minimum Gasteiger partial charge on any atom is -0.357 e. The van der Waals surface area contributed by atoms with Gasteiger partial charge in [-0.05, 0) is 80.8 Å². The Kier molecular flexibility index (Phi) is 9.98. The molecule has 274 valence electrons. The summed E-state index contributed by atoms with van der Waals surface area (Å²) in [6, 6.07) is 64.9. The van der Waals surface area contributed by atoms with Gasteiger partial charge in [0.25, 0.3) is 0 Å². The summed E-state index contributed by atoms with van der Waals surface area (Å²) in [6.07, 6.45) is 8.76. The van der Waals surface area contributed by atoms with Gasteiger partial charge in [0.2, 0.25) is 0 Å². The maximum Gasteiger partial charge on any atom is 0.131 e. The highest BCUT2D eigenvalue weighted by molar-refractivity contribution is 5.95. The molecule has 0 aromatic heterocycles. The fourth-order valence-electron chi connectivity index (χ4n) is 9.07. The molecule has 4 nitrogen and oxygen atoms in total. The summed E-state index contributed by atoms with van der Waals surface area (Å²) in [7, 11) is 0. The van der Waals surface area contributed by atoms with E-state index in [2.05, 4.69) is 168 Å². The van der Waals surface area contributed by atoms with Crippen LogP contribution in [0.25, 0.3) is 33.4 Å². The molecule has 7 aromatic carbocycles. The molecule has 9 rings (SSSR count). The predicted octanol–water partition coefficient (Wildman–Crippen LogP) is 11.8. The van der Waals surface area contributed by atoms with E-state index in [1.54, 1.807) is 0 Å². The molecule has 2 aliphatic rings. The van der Waals surface area contributed by atoms with Gasteiger partial charge >= 0.3 is 0 Å². The Balaban J connectivity index is 1.22. The van der Waals surface area contributed by atoms with E-state index >= 15 is 0 Å². The number of fused-ring (bicyclic) bond motifs is 3. The van der Waals surface area contributed by atoms with Gasteiger partial charge in [0, 0.05) is 17.5 Å². The number of rotatable bonds is 11. The molecule has 0 radical (unpaired) electrons. The van der Waals surface area contributed by atoms with Gasteiger partial charge in [-0.15, -0.1) is 0 Å². The summed E-state index contributed by atoms with van der Waals surface area (Å²) in [4.78, 5) is 5.06. The molecular weight excluding hydrogens is 681 g/mol. The molecule has 4 unspecified atom stereocenters. The number of allylic oxidation sites excluding steroid dienone is 2. The lowest BCUT2D eigenvalue weighted by Crippen LogP contribution is -2.46. The van der Waals surface area contributed by atoms with Crippen molar-refractivity contribution < 1.29 is 0 Å². The number of benzene rings is 7. The molecule has 0 heterocycles. The first kappa shape index (κ1) is 35.4. The smallest absolute Gasteiger partial charge is 0.131 e. The van der Waals surface area contributed by atoms with Gasteiger partial charge in [-0.3, -0.25) is 16.0 Å². The molecule has 4 heteroatoms. The minimum absolute atomic E-state index is 0.338. The van der Waals surface area contributed by atoms with Crippen molar-refractivity contribution in [2.75, 3.05) is 5.32 Å². The Bertz CT molecular complexity index is 2460. The third-order valence-corrected chi connectivity index (χ3v) is 11.6. The highest BCUT2D eigenvalue weighted by Gasteiger charge is 2.51. The summed E-state index contributed by atoms with van der Waals surface area (Å²) in [5.41, 5.74) is 21.1. The molecule has 0 spiro atoms. The highest BCUT2D eigenvalue weighted by atomic mass is 15.3. The first-order valence-corrected chi connectivity index (χ1v) is 19.8. The Labute approximate surface area is 330 Å². The fraction of sp³-hybridized carbons (Fsp3) is 0.135. The number of nitrogens with zero attached hydrogens (tertiary/aromatic N) is 1. The molecule has 7 aromatic rings. The molecule has 0 amide bonds. The molecule has 0 saturated carbocycles. The van der Waals surface area contributed by atoms with Crippen LogP contribution in [0.1, 0.15) is 53.2 Å². The van der Waals surface area contributed by atoms with Gasteiger partial charge in [0.15, 0.2) is 0 Å². The minimum atomic E-state index is -0.648. The second-order valence-corrected chi connectivity index (χ2v) is 14.8. The van der Waals surface area contributed by atoms with E-state index < -0.39 is 11.7 Å². The summed E-state index contributed by atoms with van der Waals surface area (Å²) in [5, 5.41) is 7.61. The van der Waals surface area contributed by atoms with E-state index in [1.807, 2.05) is 42.6 Å². The average molecular weight is 727 g/mol. The van der Waals surface area contributed by atoms with E-state index in [4.69, 9.17) is 10.7 Å². The van der Waals surface area contributed by atoms with E-state index in [1.165, 1.54) is 38.9 Å². The molecule has 0 saturated heterocycles. The molecule has 0 fully saturated rings. The van der Waals surface area contributed by atoms with Gasteiger partial charge in [-0.25, -0.2) is 0 Å². The average Bonchev–Trinajstić information content (AvgIpc) is 3.58. The van der Waals surface area contributed by atoms with Gasteiger partial charge < -0.3 is 5.32 Å². The van der Waals surface area contributed by atoms with Crippen LogP contribution in [0.15, 0.2) is 199 Å². The van der Waals surface area contributed by atoms with Crippen molar-refractivity contribution >= 4 is 11.9 Å². The molecule has 4 N–H and O–H groups in total. The normalized spacial score (nSPS) is 18.3. The fourth-order valence-corrected chi connectivity index (χ4v) is 9.07. The molecule has 0 bridgehead atoms. The van der Waals surface area contributed by atoms with Crippen molar-refractivity contribution in [1.82, 2.24) is 5.32 Å². The lowest BCUT2D eigenvalue weighted by molar-refractivity contribution is 0.349. The Morgan fingerprint density at radius 3 is 1.91 bits per heavy atom. The van der Waals surface area contributed by atoms with Gasteiger partial charge in [-0.2, -0.15) is 0 Å². The van der Waals surface area contributed by atoms with Gasteiger partial charge in [-0.1, -0.05) is 194 Å². The molecule has 4 atom stereocenters. The topological polar surface area (TPSA) is 62.4 Å². The standard InChI is InChI=1S/C52H46N4/c53-51(56-50(41-22-10-3-11-23-41)54-36-37-18-6-1-7-19-37)55-49-44(40-32-30-39(31-33-40)38-20-8-2-9-21-38)34-35-46-45-28-16-17-29-47(45)52(48(46)49,42-24-12-4-13-25-42)43-26-14-5-15-27-43/h1-14,16-25,28-36,43,50-51,55-56H,15,26-27,53H2. The predicted molar refractivity (Wildman–Crippen MR) is 234 cm³/mol. The van der Waals surface area contributed by atoms with Crippen molar-refractivity contribution in [2.24, 2.45) is 16.6 Å². The Morgan fingerprint density at radius 1 is 0.589 bits per heavy atom. The van der Waals surface area contributed by atoms with Crippen molar-refractivity contribution in [3.05, 3.63) is 222 Å². The molecule has 56 heavy (non-hydrogen) atoms. The lowest BCUT2D eigenvalue weighted by Gasteiger charge is -2.43. The Hall–Kier alpha value is -6.33. The van der Waals surface area contributed by atoms with Crippen LogP contribution in [0.4, 0.5) is 5.69 Å². The van der Waals surface area contributed by atoms with Crippen LogP contribution in [-0.4, -0.2) is 12.5 Å². The second-order valence-electron chi connectivity index (χ2n) is 14.8. The number of aliphatic imine (C=N–C) groups is 1. The van der Waals surface area contributed by atoms with Crippen molar-refractivity contribution in [3.63, 3.8) is 0 Å². The maximum atomic E-state index is 7.26. The number of nitrogens with one attached hydrogen (secondary N) is 2. The van der Waals surface area contributed by atoms with E-state index in [0.717, 1.165) is 47.2 Å². The van der Waals surface area contributed by atoms with Crippen molar-refractivity contribution in [2.45, 2.75) is 37.1 Å². The first-order chi connectivity index (χ1) is 27.7. The molecular formula is C52H46N4. The zero-order chi connectivity index (χ0) is 37.7. The third kappa shape index (κ3) is 6.68. The molecule has 2 aliphatic carbocycles. The van der Waals surface area contributed by atoms with Crippen molar-refractivity contribution in [3.8, 4) is 33.4 Å². The number of hydrogen-bond acceptors (Lipinski definition) is 4. The number of anilines is 1. The van der Waals surface area contributed by atoms with Crippen LogP contribution in [0.5, 0.6) is 0 Å². The van der Waals surface area contributed by atoms with E-state index in [0.29, 0.717) is 5.92 Å². The summed E-state index contributed by atoms with van der Waals surface area (Å²) in [5.74, 6) is 0.338. The van der Waals surface area contributed by atoms with Gasteiger partial charge in [0.1, 0.15) is 12.5 Å². The largest absolute Gasteiger partial charge is 0.357 e. The Morgan fingerprint density at radius 2 is 1.20 bits per heavy atom. The van der Waals surface area contributed by atoms with Crippen LogP contribution in [-0.2, 0) is 5.41 Å². The summed E-state index contributed by atoms with van der Waals surface area (Å²) in [6.45, 7) is 0. The lowest BCUT2D eigenvalue weighted by atomic mass is 9.60. The zero-order valence-corrected chi connectivity index (χ0v) is 31.4. The monoisotopic (exact) mass is 726 g/mol. The zero-order valence-electron chi connectivity index (χ0n) is 31.4. The van der Waals surface area contributed by atoms with Crippen LogP contribution in [0.2, 0.25) is 0 Å². The summed E-state index contributed by atoms with van der Waals surface area (Å²) < 4.78 is 0. The first-order valence-electron chi connectivity index (χ1n) is 19.8. The summed E-state index contributed by atoms with van der Waals surface area (Å²) >= 11 is 0. The highest BCUT2D eigenvalue weighted by Crippen LogP contribution is 2.61. The quantitative estimate of drug-likeness (QED) is 0.0706. The SMILES string of the molecule is NC(Nc1c(-c2ccc(-c3ccccc3)cc2)ccc2c1C(c1ccccc1)(C1CC=CCC1)c1ccccc1-2)NC(N=Cc1ccccc1)c1ccccc1. The van der Waals surface area contributed by atoms with E-state index in [-0.39, 0.29) is 6.17 Å². The maximum absolute atomic E-state index is 7.26. The third-order valence-electron chi connectivity index (χ3n) is 11.6. The number of hydrogen-bond donors (Lipinski definition) is 3. The van der Waals surface area contributed by atoms with Crippen molar-refractivity contribution in [1.29, 1.82) is 0 Å². The van der Waals surface area contributed by atoms with Crippen LogP contribution in [0.3, 0.4) is 0 Å². The van der Waals surface area contributed by atoms with Crippen LogP contribution >= 0.6 is 0 Å². The number of nitrogens with two attached hydrogens (primary N) is 1. The second kappa shape index (κ2) is 15.8. The van der Waals surface area contributed by atoms with E-state index in [9.17, 15) is 0 Å². The van der Waals surface area contributed by atoms with Gasteiger partial charge in [0.05, 0.1) is 5.41 Å². The van der Waals surface area contributed by atoms with Crippen LogP contribution < -0.4 is 16.4 Å². The molecule has 0 aliphatic heterocycles.